The first-order valence-corrected chi connectivity index (χ1v) is 12.0. The molecule has 152 valence electrons. The van der Waals surface area contributed by atoms with Gasteiger partial charge in [0.25, 0.3) is 0 Å². The molecule has 1 fully saturated rings. The van der Waals surface area contributed by atoms with E-state index in [0.29, 0.717) is 18.1 Å². The topological polar surface area (TPSA) is 98.1 Å². The van der Waals surface area contributed by atoms with E-state index in [1.54, 1.807) is 9.58 Å². The predicted octanol–water partition coefficient (Wildman–Crippen LogP) is 1.73. The summed E-state index contributed by atoms with van der Waals surface area (Å²) in [4.78, 5) is 14.6. The Balaban J connectivity index is 1.70. The van der Waals surface area contributed by atoms with Crippen LogP contribution in [0.5, 0.6) is 0 Å². The van der Waals surface area contributed by atoms with Crippen LogP contribution in [0.2, 0.25) is 0 Å². The fourth-order valence-electron chi connectivity index (χ4n) is 3.20. The van der Waals surface area contributed by atoms with Crippen molar-refractivity contribution in [1.29, 1.82) is 0 Å². The summed E-state index contributed by atoms with van der Waals surface area (Å²) in [5.41, 5.74) is 1.96. The number of sulfone groups is 1. The van der Waals surface area contributed by atoms with Gasteiger partial charge in [0.2, 0.25) is 11.1 Å². The Labute approximate surface area is 169 Å². The van der Waals surface area contributed by atoms with Crippen LogP contribution in [0.1, 0.15) is 25.8 Å². The van der Waals surface area contributed by atoms with Gasteiger partial charge in [0.05, 0.1) is 22.9 Å². The standard InChI is InChI=1S/C18H25N5O3S2/c1-13(2)10-22(16-8-9-28(25,26)12-16)17(24)11-27-18-19-20-21-23(18)15-6-4-14(3)5-7-15/h4-7,13,16H,8-12H2,1-3H3/t16-/m1/s1. The third-order valence-electron chi connectivity index (χ3n) is 4.58. The molecule has 1 aliphatic heterocycles. The van der Waals surface area contributed by atoms with Gasteiger partial charge < -0.3 is 4.90 Å². The van der Waals surface area contributed by atoms with Crippen molar-refractivity contribution >= 4 is 27.5 Å². The highest BCUT2D eigenvalue weighted by atomic mass is 32.2. The molecule has 0 saturated carbocycles. The Morgan fingerprint density at radius 1 is 1.32 bits per heavy atom. The summed E-state index contributed by atoms with van der Waals surface area (Å²) in [7, 11) is -3.05. The summed E-state index contributed by atoms with van der Waals surface area (Å²) in [6.45, 7) is 6.59. The highest BCUT2D eigenvalue weighted by Gasteiger charge is 2.34. The molecule has 0 spiro atoms. The number of carbonyl (C=O) groups excluding carboxylic acids is 1. The first-order chi connectivity index (χ1) is 13.2. The molecule has 8 nitrogen and oxygen atoms in total. The molecule has 0 bridgehead atoms. The van der Waals surface area contributed by atoms with Crippen molar-refractivity contribution in [3.05, 3.63) is 29.8 Å². The molecule has 2 aromatic rings. The van der Waals surface area contributed by atoms with E-state index in [9.17, 15) is 13.2 Å². The second-order valence-electron chi connectivity index (χ2n) is 7.49. The minimum atomic E-state index is -3.05. The maximum Gasteiger partial charge on any atom is 0.233 e. The van der Waals surface area contributed by atoms with Gasteiger partial charge in [-0.15, -0.1) is 5.10 Å². The molecule has 1 saturated heterocycles. The molecule has 0 unspecified atom stereocenters. The Hall–Kier alpha value is -1.94. The van der Waals surface area contributed by atoms with Crippen molar-refractivity contribution in [2.75, 3.05) is 23.8 Å². The Morgan fingerprint density at radius 2 is 2.04 bits per heavy atom. The lowest BCUT2D eigenvalue weighted by molar-refractivity contribution is -0.130. The van der Waals surface area contributed by atoms with Crippen LogP contribution in [0.15, 0.2) is 29.4 Å². The third-order valence-corrected chi connectivity index (χ3v) is 7.23. The van der Waals surface area contributed by atoms with Crippen molar-refractivity contribution in [2.45, 2.75) is 38.4 Å². The lowest BCUT2D eigenvalue weighted by atomic mass is 10.1. The van der Waals surface area contributed by atoms with Crippen LogP contribution in [-0.4, -0.2) is 69.3 Å². The molecule has 1 amide bonds. The minimum absolute atomic E-state index is 0.0528. The quantitative estimate of drug-likeness (QED) is 0.626. The van der Waals surface area contributed by atoms with Gasteiger partial charge in [-0.3, -0.25) is 4.79 Å². The smallest absolute Gasteiger partial charge is 0.233 e. The van der Waals surface area contributed by atoms with E-state index in [1.807, 2.05) is 45.0 Å². The molecular weight excluding hydrogens is 398 g/mol. The van der Waals surface area contributed by atoms with Gasteiger partial charge in [0, 0.05) is 12.6 Å². The van der Waals surface area contributed by atoms with Crippen molar-refractivity contribution in [1.82, 2.24) is 25.1 Å². The van der Waals surface area contributed by atoms with E-state index < -0.39 is 9.84 Å². The highest BCUT2D eigenvalue weighted by molar-refractivity contribution is 7.99. The molecule has 1 atom stereocenters. The molecule has 3 rings (SSSR count). The summed E-state index contributed by atoms with van der Waals surface area (Å²) >= 11 is 1.26. The number of hydrogen-bond acceptors (Lipinski definition) is 7. The van der Waals surface area contributed by atoms with Crippen molar-refractivity contribution in [2.24, 2.45) is 5.92 Å². The second-order valence-corrected chi connectivity index (χ2v) is 10.7. The van der Waals surface area contributed by atoms with Gasteiger partial charge in [-0.05, 0) is 41.8 Å². The number of amides is 1. The van der Waals surface area contributed by atoms with Crippen LogP contribution in [0.3, 0.4) is 0 Å². The molecule has 0 aliphatic carbocycles. The third kappa shape index (κ3) is 5.11. The Bertz CT molecular complexity index is 925. The van der Waals surface area contributed by atoms with Crippen LogP contribution in [0.25, 0.3) is 5.69 Å². The predicted molar refractivity (Wildman–Crippen MR) is 108 cm³/mol. The summed E-state index contributed by atoms with van der Waals surface area (Å²) < 4.78 is 25.3. The molecule has 2 heterocycles. The zero-order valence-electron chi connectivity index (χ0n) is 16.3. The summed E-state index contributed by atoms with van der Waals surface area (Å²) in [5.74, 6) is 0.542. The zero-order chi connectivity index (χ0) is 20.3. The van der Waals surface area contributed by atoms with Gasteiger partial charge in [0.1, 0.15) is 0 Å². The fraction of sp³-hybridized carbons (Fsp3) is 0.556. The summed E-state index contributed by atoms with van der Waals surface area (Å²) in [6, 6.07) is 7.55. The molecule has 1 aromatic carbocycles. The van der Waals surface area contributed by atoms with E-state index >= 15 is 0 Å². The monoisotopic (exact) mass is 423 g/mol. The lowest BCUT2D eigenvalue weighted by Gasteiger charge is -2.29. The van der Waals surface area contributed by atoms with Crippen LogP contribution >= 0.6 is 11.8 Å². The number of hydrogen-bond donors (Lipinski definition) is 0. The number of aryl methyl sites for hydroxylation is 1. The van der Waals surface area contributed by atoms with Gasteiger partial charge in [0.15, 0.2) is 9.84 Å². The van der Waals surface area contributed by atoms with Crippen molar-refractivity contribution in [3.63, 3.8) is 0 Å². The molecule has 10 heteroatoms. The van der Waals surface area contributed by atoms with Crippen molar-refractivity contribution < 1.29 is 13.2 Å². The fourth-order valence-corrected chi connectivity index (χ4v) is 5.70. The first-order valence-electron chi connectivity index (χ1n) is 9.23. The minimum Gasteiger partial charge on any atom is -0.338 e. The normalized spacial score (nSPS) is 18.5. The molecule has 0 radical (unpaired) electrons. The van der Waals surface area contributed by atoms with Gasteiger partial charge in [-0.1, -0.05) is 43.3 Å². The van der Waals surface area contributed by atoms with Crippen LogP contribution in [0, 0.1) is 12.8 Å². The summed E-state index contributed by atoms with van der Waals surface area (Å²) in [5, 5.41) is 12.3. The zero-order valence-corrected chi connectivity index (χ0v) is 17.9. The van der Waals surface area contributed by atoms with Crippen LogP contribution in [0.4, 0.5) is 0 Å². The largest absolute Gasteiger partial charge is 0.338 e. The number of carbonyl (C=O) groups is 1. The van der Waals surface area contributed by atoms with E-state index in [1.165, 1.54) is 11.8 Å². The van der Waals surface area contributed by atoms with Gasteiger partial charge in [-0.2, -0.15) is 4.68 Å². The lowest BCUT2D eigenvalue weighted by Crippen LogP contribution is -2.44. The van der Waals surface area contributed by atoms with Gasteiger partial charge >= 0.3 is 0 Å². The van der Waals surface area contributed by atoms with E-state index in [4.69, 9.17) is 0 Å². The molecular formula is C18H25N5O3S2. The number of thioether (sulfide) groups is 1. The average molecular weight is 424 g/mol. The maximum absolute atomic E-state index is 12.9. The number of aromatic nitrogens is 4. The number of nitrogens with zero attached hydrogens (tertiary/aromatic N) is 5. The van der Waals surface area contributed by atoms with Crippen LogP contribution in [-0.2, 0) is 14.6 Å². The average Bonchev–Trinajstić information content (AvgIpc) is 3.24. The van der Waals surface area contributed by atoms with E-state index in [2.05, 4.69) is 15.5 Å². The Morgan fingerprint density at radius 3 is 2.64 bits per heavy atom. The number of rotatable bonds is 7. The Kier molecular flexibility index (Phi) is 6.39. The molecule has 1 aromatic heterocycles. The molecule has 28 heavy (non-hydrogen) atoms. The number of benzene rings is 1. The molecule has 1 aliphatic rings. The van der Waals surface area contributed by atoms with E-state index in [-0.39, 0.29) is 35.1 Å². The first kappa shape index (κ1) is 20.8. The highest BCUT2D eigenvalue weighted by Crippen LogP contribution is 2.23. The second kappa shape index (κ2) is 8.60. The van der Waals surface area contributed by atoms with E-state index in [0.717, 1.165) is 11.3 Å². The van der Waals surface area contributed by atoms with Crippen LogP contribution < -0.4 is 0 Å². The van der Waals surface area contributed by atoms with Gasteiger partial charge in [-0.25, -0.2) is 8.42 Å². The number of tetrazole rings is 1. The summed E-state index contributed by atoms with van der Waals surface area (Å²) in [6.07, 6.45) is 0.507. The van der Waals surface area contributed by atoms with Crippen molar-refractivity contribution in [3.8, 4) is 5.69 Å². The SMILES string of the molecule is Cc1ccc(-n2nnnc2SCC(=O)N(CC(C)C)[C@@H]2CCS(=O)(=O)C2)cc1. The molecule has 0 N–H and O–H groups in total. The maximum atomic E-state index is 12.9.